The standard InChI is InChI=1S/C11H15F2NOS/c1-8(14-6-7-15)9-2-4-10(5-3-9)16-11(12)13/h2-5,8,11,14-15H,6-7H2,1H3. The molecule has 16 heavy (non-hydrogen) atoms. The summed E-state index contributed by atoms with van der Waals surface area (Å²) in [5, 5.41) is 11.8. The Morgan fingerprint density at radius 1 is 1.31 bits per heavy atom. The number of halogens is 2. The summed E-state index contributed by atoms with van der Waals surface area (Å²) >= 11 is 0.543. The third-order valence-electron chi connectivity index (χ3n) is 2.17. The van der Waals surface area contributed by atoms with Crippen molar-refractivity contribution in [2.45, 2.75) is 23.6 Å². The van der Waals surface area contributed by atoms with Gasteiger partial charge in [-0.2, -0.15) is 8.78 Å². The first-order chi connectivity index (χ1) is 7.63. The number of aliphatic hydroxyl groups excluding tert-OH is 1. The van der Waals surface area contributed by atoms with E-state index < -0.39 is 5.76 Å². The third-order valence-corrected chi connectivity index (χ3v) is 2.89. The molecule has 0 spiro atoms. The molecule has 0 aliphatic carbocycles. The molecule has 0 fully saturated rings. The van der Waals surface area contributed by atoms with Crippen LogP contribution in [0.4, 0.5) is 8.78 Å². The van der Waals surface area contributed by atoms with E-state index in [-0.39, 0.29) is 12.6 Å². The van der Waals surface area contributed by atoms with Crippen molar-refractivity contribution in [3.05, 3.63) is 29.8 Å². The molecule has 1 aromatic carbocycles. The van der Waals surface area contributed by atoms with Gasteiger partial charge >= 0.3 is 0 Å². The Kier molecular flexibility index (Phi) is 5.73. The van der Waals surface area contributed by atoms with Gasteiger partial charge in [0.15, 0.2) is 0 Å². The zero-order chi connectivity index (χ0) is 12.0. The lowest BCUT2D eigenvalue weighted by Gasteiger charge is -2.13. The van der Waals surface area contributed by atoms with E-state index in [9.17, 15) is 8.78 Å². The fraction of sp³-hybridized carbons (Fsp3) is 0.455. The Morgan fingerprint density at radius 2 is 1.94 bits per heavy atom. The largest absolute Gasteiger partial charge is 0.395 e. The second-order valence-electron chi connectivity index (χ2n) is 3.35. The van der Waals surface area contributed by atoms with Crippen LogP contribution in [0.1, 0.15) is 18.5 Å². The molecule has 0 radical (unpaired) electrons. The number of nitrogens with one attached hydrogen (secondary N) is 1. The second kappa shape index (κ2) is 6.83. The molecule has 1 rings (SSSR count). The molecule has 1 aromatic rings. The Morgan fingerprint density at radius 3 is 2.44 bits per heavy atom. The molecule has 0 bridgehead atoms. The monoisotopic (exact) mass is 247 g/mol. The highest BCUT2D eigenvalue weighted by molar-refractivity contribution is 7.99. The van der Waals surface area contributed by atoms with E-state index in [1.54, 1.807) is 12.1 Å². The molecule has 1 unspecified atom stereocenters. The van der Waals surface area contributed by atoms with Crippen molar-refractivity contribution in [3.8, 4) is 0 Å². The zero-order valence-corrected chi connectivity index (χ0v) is 9.81. The fourth-order valence-corrected chi connectivity index (χ4v) is 1.84. The van der Waals surface area contributed by atoms with Crippen LogP contribution in [0.3, 0.4) is 0 Å². The molecule has 0 saturated heterocycles. The minimum absolute atomic E-state index is 0.0870. The van der Waals surface area contributed by atoms with Gasteiger partial charge in [-0.25, -0.2) is 0 Å². The van der Waals surface area contributed by atoms with Crippen LogP contribution in [0, 0.1) is 0 Å². The van der Waals surface area contributed by atoms with Gasteiger partial charge < -0.3 is 10.4 Å². The number of hydrogen-bond donors (Lipinski definition) is 2. The van der Waals surface area contributed by atoms with Crippen LogP contribution < -0.4 is 5.32 Å². The van der Waals surface area contributed by atoms with Crippen LogP contribution in [0.15, 0.2) is 29.2 Å². The number of hydrogen-bond acceptors (Lipinski definition) is 3. The third kappa shape index (κ3) is 4.47. The summed E-state index contributed by atoms with van der Waals surface area (Å²) in [5.41, 5.74) is 1.02. The van der Waals surface area contributed by atoms with E-state index in [0.29, 0.717) is 23.2 Å². The summed E-state index contributed by atoms with van der Waals surface area (Å²) < 4.78 is 24.1. The van der Waals surface area contributed by atoms with Gasteiger partial charge in [0, 0.05) is 17.5 Å². The number of benzene rings is 1. The summed E-state index contributed by atoms with van der Waals surface area (Å²) in [5.74, 6) is -2.38. The van der Waals surface area contributed by atoms with E-state index in [1.807, 2.05) is 19.1 Å². The van der Waals surface area contributed by atoms with Crippen molar-refractivity contribution in [1.82, 2.24) is 5.32 Å². The van der Waals surface area contributed by atoms with Gasteiger partial charge in [-0.1, -0.05) is 23.9 Å². The highest BCUT2D eigenvalue weighted by Gasteiger charge is 2.07. The van der Waals surface area contributed by atoms with E-state index in [0.717, 1.165) is 5.56 Å². The predicted molar refractivity (Wildman–Crippen MR) is 61.8 cm³/mol. The molecule has 2 N–H and O–H groups in total. The molecular formula is C11H15F2NOS. The molecule has 0 aromatic heterocycles. The molecule has 0 saturated carbocycles. The molecule has 1 atom stereocenters. The number of rotatable bonds is 6. The lowest BCUT2D eigenvalue weighted by atomic mass is 10.1. The lowest BCUT2D eigenvalue weighted by molar-refractivity contribution is 0.252. The quantitative estimate of drug-likeness (QED) is 0.758. The van der Waals surface area contributed by atoms with Crippen molar-refractivity contribution in [1.29, 1.82) is 0 Å². The maximum Gasteiger partial charge on any atom is 0.288 e. The lowest BCUT2D eigenvalue weighted by Crippen LogP contribution is -2.21. The van der Waals surface area contributed by atoms with Gasteiger partial charge in [-0.3, -0.25) is 0 Å². The summed E-state index contributed by atoms with van der Waals surface area (Å²) in [6.07, 6.45) is 0. The Balaban J connectivity index is 2.56. The normalized spacial score (nSPS) is 13.1. The average Bonchev–Trinajstić information content (AvgIpc) is 2.26. The van der Waals surface area contributed by atoms with Crippen LogP contribution in [0.25, 0.3) is 0 Å². The molecule has 5 heteroatoms. The topological polar surface area (TPSA) is 32.3 Å². The summed E-state index contributed by atoms with van der Waals surface area (Å²) in [4.78, 5) is 0.563. The first-order valence-electron chi connectivity index (χ1n) is 5.02. The van der Waals surface area contributed by atoms with E-state index in [2.05, 4.69) is 5.32 Å². The van der Waals surface area contributed by atoms with E-state index in [4.69, 9.17) is 5.11 Å². The Bertz CT molecular complexity index is 305. The Labute approximate surface area is 98.1 Å². The smallest absolute Gasteiger partial charge is 0.288 e. The van der Waals surface area contributed by atoms with Crippen molar-refractivity contribution in [2.75, 3.05) is 13.2 Å². The number of alkyl halides is 2. The molecule has 0 aliphatic rings. The molecule has 90 valence electrons. The SMILES string of the molecule is CC(NCCO)c1ccc(SC(F)F)cc1. The minimum atomic E-state index is -2.38. The summed E-state index contributed by atoms with van der Waals surface area (Å²) in [7, 11) is 0. The van der Waals surface area contributed by atoms with Gasteiger partial charge in [-0.05, 0) is 24.6 Å². The van der Waals surface area contributed by atoms with Gasteiger partial charge in [0.2, 0.25) is 0 Å². The van der Waals surface area contributed by atoms with Crippen LogP contribution in [-0.2, 0) is 0 Å². The number of thioether (sulfide) groups is 1. The molecule has 0 heterocycles. The molecule has 0 amide bonds. The fourth-order valence-electron chi connectivity index (χ4n) is 1.34. The highest BCUT2D eigenvalue weighted by Crippen LogP contribution is 2.26. The predicted octanol–water partition coefficient (Wildman–Crippen LogP) is 2.64. The first-order valence-corrected chi connectivity index (χ1v) is 5.90. The van der Waals surface area contributed by atoms with Gasteiger partial charge in [-0.15, -0.1) is 0 Å². The highest BCUT2D eigenvalue weighted by atomic mass is 32.2. The van der Waals surface area contributed by atoms with Gasteiger partial charge in [0.25, 0.3) is 5.76 Å². The maximum atomic E-state index is 12.1. The maximum absolute atomic E-state index is 12.1. The molecular weight excluding hydrogens is 232 g/mol. The first kappa shape index (κ1) is 13.4. The Hall–Kier alpha value is -0.650. The second-order valence-corrected chi connectivity index (χ2v) is 4.41. The summed E-state index contributed by atoms with van der Waals surface area (Å²) in [6, 6.07) is 7.12. The molecule has 2 nitrogen and oxygen atoms in total. The summed E-state index contributed by atoms with van der Waals surface area (Å²) in [6.45, 7) is 2.57. The van der Waals surface area contributed by atoms with E-state index >= 15 is 0 Å². The van der Waals surface area contributed by atoms with Crippen molar-refractivity contribution in [2.24, 2.45) is 0 Å². The van der Waals surface area contributed by atoms with Crippen LogP contribution >= 0.6 is 11.8 Å². The van der Waals surface area contributed by atoms with Crippen molar-refractivity contribution < 1.29 is 13.9 Å². The molecule has 0 aliphatic heterocycles. The average molecular weight is 247 g/mol. The van der Waals surface area contributed by atoms with Crippen LogP contribution in [0.2, 0.25) is 0 Å². The van der Waals surface area contributed by atoms with Crippen molar-refractivity contribution >= 4 is 11.8 Å². The van der Waals surface area contributed by atoms with E-state index in [1.165, 1.54) is 0 Å². The van der Waals surface area contributed by atoms with Crippen LogP contribution in [-0.4, -0.2) is 24.0 Å². The minimum Gasteiger partial charge on any atom is -0.395 e. The van der Waals surface area contributed by atoms with Gasteiger partial charge in [0.1, 0.15) is 0 Å². The van der Waals surface area contributed by atoms with Crippen LogP contribution in [0.5, 0.6) is 0 Å². The van der Waals surface area contributed by atoms with Gasteiger partial charge in [0.05, 0.1) is 6.61 Å². The zero-order valence-electron chi connectivity index (χ0n) is 8.99. The van der Waals surface area contributed by atoms with Crippen molar-refractivity contribution in [3.63, 3.8) is 0 Å². The number of aliphatic hydroxyl groups is 1.